The van der Waals surface area contributed by atoms with Crippen molar-refractivity contribution in [3.05, 3.63) is 65.5 Å². The maximum absolute atomic E-state index is 10.4. The Morgan fingerprint density at radius 3 is 2.74 bits per heavy atom. The maximum atomic E-state index is 10.4. The van der Waals surface area contributed by atoms with E-state index in [9.17, 15) is 4.79 Å². The first-order valence-corrected chi connectivity index (χ1v) is 7.95. The second-order valence-electron chi connectivity index (χ2n) is 5.70. The van der Waals surface area contributed by atoms with Crippen molar-refractivity contribution in [2.75, 3.05) is 6.54 Å². The number of nitrogens with one attached hydrogen (secondary N) is 1. The highest BCUT2D eigenvalue weighted by molar-refractivity contribution is 5.76. The van der Waals surface area contributed by atoms with Gasteiger partial charge in [-0.05, 0) is 36.6 Å². The lowest BCUT2D eigenvalue weighted by Crippen LogP contribution is -2.14. The molecule has 0 aliphatic rings. The normalized spacial score (nSPS) is 10.8. The number of carbonyl (C=O) groups excluding carboxylic acids is 1. The molecule has 0 saturated carbocycles. The molecule has 1 amide bonds. The van der Waals surface area contributed by atoms with Gasteiger partial charge in [-0.25, -0.2) is 4.98 Å². The number of aromatic nitrogens is 2. The minimum atomic E-state index is 0.678. The Labute approximate surface area is 136 Å². The zero-order valence-electron chi connectivity index (χ0n) is 13.3. The highest BCUT2D eigenvalue weighted by Gasteiger charge is 2.11. The van der Waals surface area contributed by atoms with Crippen LogP contribution in [-0.2, 0) is 17.8 Å². The van der Waals surface area contributed by atoms with Crippen molar-refractivity contribution in [3.63, 3.8) is 0 Å². The zero-order chi connectivity index (χ0) is 16.1. The van der Waals surface area contributed by atoms with E-state index < -0.39 is 0 Å². The lowest BCUT2D eigenvalue weighted by Gasteiger charge is -2.11. The van der Waals surface area contributed by atoms with Crippen LogP contribution in [0.1, 0.15) is 23.4 Å². The molecule has 0 aliphatic carbocycles. The van der Waals surface area contributed by atoms with E-state index in [4.69, 9.17) is 4.98 Å². The Hall–Kier alpha value is -2.62. The van der Waals surface area contributed by atoms with Crippen LogP contribution < -0.4 is 5.32 Å². The summed E-state index contributed by atoms with van der Waals surface area (Å²) in [4.78, 5) is 15.2. The first kappa shape index (κ1) is 15.3. The van der Waals surface area contributed by atoms with Crippen molar-refractivity contribution in [1.82, 2.24) is 14.9 Å². The van der Waals surface area contributed by atoms with E-state index >= 15 is 0 Å². The monoisotopic (exact) mass is 307 g/mol. The SMILES string of the molecule is Cc1ccccc1Cn1c(CCCNC=O)nc2ccccc21. The molecular weight excluding hydrogens is 286 g/mol. The summed E-state index contributed by atoms with van der Waals surface area (Å²) in [6.07, 6.45) is 2.48. The number of carbonyl (C=O) groups is 1. The third kappa shape index (κ3) is 3.42. The number of aryl methyl sites for hydroxylation is 2. The fraction of sp³-hybridized carbons (Fsp3) is 0.263. The molecule has 0 bridgehead atoms. The van der Waals surface area contributed by atoms with Crippen molar-refractivity contribution in [1.29, 1.82) is 0 Å². The highest BCUT2D eigenvalue weighted by atomic mass is 16.1. The molecule has 0 saturated heterocycles. The summed E-state index contributed by atoms with van der Waals surface area (Å²) < 4.78 is 2.29. The lowest BCUT2D eigenvalue weighted by atomic mass is 10.1. The number of fused-ring (bicyclic) bond motifs is 1. The maximum Gasteiger partial charge on any atom is 0.207 e. The van der Waals surface area contributed by atoms with Gasteiger partial charge in [0.05, 0.1) is 11.0 Å². The number of hydrogen-bond acceptors (Lipinski definition) is 2. The second-order valence-corrected chi connectivity index (χ2v) is 5.70. The molecule has 0 unspecified atom stereocenters. The minimum absolute atomic E-state index is 0.678. The van der Waals surface area contributed by atoms with Gasteiger partial charge in [-0.15, -0.1) is 0 Å². The topological polar surface area (TPSA) is 46.9 Å². The zero-order valence-corrected chi connectivity index (χ0v) is 13.3. The smallest absolute Gasteiger partial charge is 0.207 e. The summed E-state index contributed by atoms with van der Waals surface area (Å²) in [7, 11) is 0. The number of hydrogen-bond donors (Lipinski definition) is 1. The van der Waals surface area contributed by atoms with Gasteiger partial charge in [0.2, 0.25) is 6.41 Å². The van der Waals surface area contributed by atoms with Crippen LogP contribution in [0.3, 0.4) is 0 Å². The van der Waals surface area contributed by atoms with Gasteiger partial charge in [0.15, 0.2) is 0 Å². The Balaban J connectivity index is 1.92. The number of benzene rings is 2. The van der Waals surface area contributed by atoms with E-state index in [1.54, 1.807) is 0 Å². The quantitative estimate of drug-likeness (QED) is 0.538. The van der Waals surface area contributed by atoms with Crippen LogP contribution in [0.25, 0.3) is 11.0 Å². The number of imidazole rings is 1. The third-order valence-electron chi connectivity index (χ3n) is 4.13. The molecular formula is C19H21N3O. The summed E-state index contributed by atoms with van der Waals surface area (Å²) in [6, 6.07) is 16.7. The molecule has 3 aromatic rings. The van der Waals surface area contributed by atoms with Crippen LogP contribution in [0.2, 0.25) is 0 Å². The average Bonchev–Trinajstić information content (AvgIpc) is 2.92. The fourth-order valence-corrected chi connectivity index (χ4v) is 2.86. The standard InChI is InChI=1S/C19H21N3O/c1-15-7-2-3-8-16(15)13-22-18-10-5-4-9-17(18)21-19(22)11-6-12-20-14-23/h2-5,7-10,14H,6,11-13H2,1H3,(H,20,23). The van der Waals surface area contributed by atoms with E-state index in [0.29, 0.717) is 6.54 Å². The third-order valence-corrected chi connectivity index (χ3v) is 4.13. The van der Waals surface area contributed by atoms with Crippen LogP contribution in [0.5, 0.6) is 0 Å². The summed E-state index contributed by atoms with van der Waals surface area (Å²) in [5, 5.41) is 2.71. The summed E-state index contributed by atoms with van der Waals surface area (Å²) in [6.45, 7) is 3.64. The minimum Gasteiger partial charge on any atom is -0.359 e. The van der Waals surface area contributed by atoms with Gasteiger partial charge < -0.3 is 9.88 Å². The molecule has 0 spiro atoms. The van der Waals surface area contributed by atoms with Crippen LogP contribution >= 0.6 is 0 Å². The Morgan fingerprint density at radius 1 is 1.13 bits per heavy atom. The molecule has 0 radical (unpaired) electrons. The van der Waals surface area contributed by atoms with Crippen LogP contribution in [0.15, 0.2) is 48.5 Å². The number of rotatable bonds is 7. The van der Waals surface area contributed by atoms with E-state index in [2.05, 4.69) is 59.3 Å². The Kier molecular flexibility index (Phi) is 4.71. The van der Waals surface area contributed by atoms with Crippen LogP contribution in [-0.4, -0.2) is 22.5 Å². The largest absolute Gasteiger partial charge is 0.359 e. The first-order chi connectivity index (χ1) is 11.3. The molecule has 0 aliphatic heterocycles. The number of amides is 1. The molecule has 1 N–H and O–H groups in total. The molecule has 3 rings (SSSR count). The Bertz CT molecular complexity index is 807. The van der Waals surface area contributed by atoms with E-state index in [0.717, 1.165) is 42.7 Å². The molecule has 0 fully saturated rings. The molecule has 0 atom stereocenters. The second kappa shape index (κ2) is 7.09. The van der Waals surface area contributed by atoms with E-state index in [1.165, 1.54) is 11.1 Å². The van der Waals surface area contributed by atoms with E-state index in [1.807, 2.05) is 6.07 Å². The van der Waals surface area contributed by atoms with Crippen molar-refractivity contribution in [2.24, 2.45) is 0 Å². The van der Waals surface area contributed by atoms with Gasteiger partial charge in [-0.1, -0.05) is 36.4 Å². The van der Waals surface area contributed by atoms with Gasteiger partial charge >= 0.3 is 0 Å². The van der Waals surface area contributed by atoms with Crippen molar-refractivity contribution in [2.45, 2.75) is 26.3 Å². The average molecular weight is 307 g/mol. The van der Waals surface area contributed by atoms with Gasteiger partial charge in [-0.2, -0.15) is 0 Å². The van der Waals surface area contributed by atoms with Gasteiger partial charge in [0.25, 0.3) is 0 Å². The van der Waals surface area contributed by atoms with Crippen molar-refractivity contribution < 1.29 is 4.79 Å². The van der Waals surface area contributed by atoms with Crippen molar-refractivity contribution >= 4 is 17.4 Å². The lowest BCUT2D eigenvalue weighted by molar-refractivity contribution is -0.109. The molecule has 1 aromatic heterocycles. The predicted octanol–water partition coefficient (Wildman–Crippen LogP) is 3.07. The van der Waals surface area contributed by atoms with Crippen LogP contribution in [0, 0.1) is 6.92 Å². The summed E-state index contributed by atoms with van der Waals surface area (Å²) in [5.41, 5.74) is 4.79. The van der Waals surface area contributed by atoms with Gasteiger partial charge in [0, 0.05) is 19.5 Å². The van der Waals surface area contributed by atoms with Gasteiger partial charge in [-0.3, -0.25) is 4.79 Å². The summed E-state index contributed by atoms with van der Waals surface area (Å²) in [5.74, 6) is 1.07. The molecule has 4 heteroatoms. The number of nitrogens with zero attached hydrogens (tertiary/aromatic N) is 2. The number of para-hydroxylation sites is 2. The molecule has 23 heavy (non-hydrogen) atoms. The first-order valence-electron chi connectivity index (χ1n) is 7.95. The van der Waals surface area contributed by atoms with Crippen molar-refractivity contribution in [3.8, 4) is 0 Å². The van der Waals surface area contributed by atoms with Crippen LogP contribution in [0.4, 0.5) is 0 Å². The highest BCUT2D eigenvalue weighted by Crippen LogP contribution is 2.20. The van der Waals surface area contributed by atoms with Gasteiger partial charge in [0.1, 0.15) is 5.82 Å². The molecule has 1 heterocycles. The fourth-order valence-electron chi connectivity index (χ4n) is 2.86. The Morgan fingerprint density at radius 2 is 1.91 bits per heavy atom. The van der Waals surface area contributed by atoms with E-state index in [-0.39, 0.29) is 0 Å². The summed E-state index contributed by atoms with van der Waals surface area (Å²) >= 11 is 0. The predicted molar refractivity (Wildman–Crippen MR) is 92.4 cm³/mol. The molecule has 4 nitrogen and oxygen atoms in total. The molecule has 118 valence electrons. The molecule has 2 aromatic carbocycles.